The van der Waals surface area contributed by atoms with E-state index < -0.39 is 0 Å². The monoisotopic (exact) mass is 409 g/mol. The quantitative estimate of drug-likeness (QED) is 0.405. The van der Waals surface area contributed by atoms with Gasteiger partial charge in [0, 0.05) is 0 Å². The molecule has 0 radical (unpaired) electrons. The molecule has 0 bridgehead atoms. The van der Waals surface area contributed by atoms with Gasteiger partial charge in [-0.2, -0.15) is 0 Å². The highest BCUT2D eigenvalue weighted by molar-refractivity contribution is 6.33. The van der Waals surface area contributed by atoms with Crippen molar-refractivity contribution in [1.29, 1.82) is 0 Å². The minimum Gasteiger partial charge on any atom is -0.418 e. The Balaban J connectivity index is 1.73. The largest absolute Gasteiger partial charge is 0.418 e. The summed E-state index contributed by atoms with van der Waals surface area (Å²) in [5.41, 5.74) is 3.56. The number of rotatable bonds is 5. The van der Waals surface area contributed by atoms with Crippen molar-refractivity contribution in [3.05, 3.63) is 99.9 Å². The third kappa shape index (κ3) is 3.88. The second-order valence-corrected chi connectivity index (χ2v) is 7.21. The van der Waals surface area contributed by atoms with Gasteiger partial charge in [-0.15, -0.1) is 10.2 Å². The molecule has 1 unspecified atom stereocenters. The number of nitrogens with zero attached hydrogens (tertiary/aromatic N) is 2. The van der Waals surface area contributed by atoms with Crippen LogP contribution < -0.4 is 5.32 Å². The van der Waals surface area contributed by atoms with Crippen LogP contribution in [-0.4, -0.2) is 10.2 Å². The fourth-order valence-electron chi connectivity index (χ4n) is 2.92. The predicted molar refractivity (Wildman–Crippen MR) is 113 cm³/mol. The minimum atomic E-state index is -0.356. The second kappa shape index (κ2) is 8.05. The zero-order chi connectivity index (χ0) is 19.5. The van der Waals surface area contributed by atoms with Gasteiger partial charge in [-0.1, -0.05) is 71.7 Å². The Morgan fingerprint density at radius 1 is 0.857 bits per heavy atom. The molecule has 28 heavy (non-hydrogen) atoms. The Kier molecular flexibility index (Phi) is 5.33. The van der Waals surface area contributed by atoms with Gasteiger partial charge in [-0.05, 0) is 42.3 Å². The highest BCUT2D eigenvalue weighted by Crippen LogP contribution is 2.33. The minimum absolute atomic E-state index is 0.356. The standard InChI is InChI=1S/C22H17Cl2N3O/c1-14-11-12-19(18(24)13-14)25-20(15-7-3-2-4-8-15)22-27-26-21(28-22)16-9-5-6-10-17(16)23/h2-13,20,25H,1H3. The van der Waals surface area contributed by atoms with Crippen molar-refractivity contribution < 1.29 is 4.42 Å². The molecular formula is C22H17Cl2N3O. The maximum atomic E-state index is 6.42. The molecule has 0 saturated heterocycles. The summed E-state index contributed by atoms with van der Waals surface area (Å²) in [6.45, 7) is 2.00. The molecule has 1 heterocycles. The molecule has 4 rings (SSSR count). The average molecular weight is 410 g/mol. The van der Waals surface area contributed by atoms with E-state index in [2.05, 4.69) is 15.5 Å². The van der Waals surface area contributed by atoms with Gasteiger partial charge in [0.2, 0.25) is 11.8 Å². The third-order valence-electron chi connectivity index (χ3n) is 4.35. The summed E-state index contributed by atoms with van der Waals surface area (Å²) in [7, 11) is 0. The second-order valence-electron chi connectivity index (χ2n) is 6.40. The van der Waals surface area contributed by atoms with Crippen molar-refractivity contribution in [3.8, 4) is 11.5 Å². The highest BCUT2D eigenvalue weighted by atomic mass is 35.5. The smallest absolute Gasteiger partial charge is 0.249 e. The summed E-state index contributed by atoms with van der Waals surface area (Å²) in [4.78, 5) is 0. The zero-order valence-electron chi connectivity index (χ0n) is 15.1. The molecule has 0 aliphatic carbocycles. The number of aromatic nitrogens is 2. The van der Waals surface area contributed by atoms with Crippen LogP contribution in [0.5, 0.6) is 0 Å². The van der Waals surface area contributed by atoms with Crippen LogP contribution in [-0.2, 0) is 0 Å². The molecule has 4 nitrogen and oxygen atoms in total. The Labute approximate surface area is 173 Å². The van der Waals surface area contributed by atoms with Gasteiger partial charge < -0.3 is 9.73 Å². The van der Waals surface area contributed by atoms with E-state index in [0.29, 0.717) is 27.4 Å². The molecule has 140 valence electrons. The lowest BCUT2D eigenvalue weighted by atomic mass is 10.1. The summed E-state index contributed by atoms with van der Waals surface area (Å²) in [5.74, 6) is 0.802. The first-order chi connectivity index (χ1) is 13.6. The molecule has 0 saturated carbocycles. The third-order valence-corrected chi connectivity index (χ3v) is 4.99. The van der Waals surface area contributed by atoms with Crippen molar-refractivity contribution in [3.63, 3.8) is 0 Å². The molecule has 1 atom stereocenters. The van der Waals surface area contributed by atoms with Gasteiger partial charge in [0.15, 0.2) is 0 Å². The van der Waals surface area contributed by atoms with Crippen molar-refractivity contribution in [2.45, 2.75) is 13.0 Å². The molecule has 0 aliphatic rings. The van der Waals surface area contributed by atoms with E-state index in [-0.39, 0.29) is 6.04 Å². The Morgan fingerprint density at radius 3 is 2.36 bits per heavy atom. The summed E-state index contributed by atoms with van der Waals surface area (Å²) < 4.78 is 5.99. The molecular weight excluding hydrogens is 393 g/mol. The van der Waals surface area contributed by atoms with Crippen molar-refractivity contribution in [2.75, 3.05) is 5.32 Å². The molecule has 0 spiro atoms. The van der Waals surface area contributed by atoms with E-state index in [1.807, 2.05) is 73.7 Å². The van der Waals surface area contributed by atoms with E-state index in [0.717, 1.165) is 16.8 Å². The SMILES string of the molecule is Cc1ccc(NC(c2ccccc2)c2nnc(-c3ccccc3Cl)o2)c(Cl)c1. The first-order valence-electron chi connectivity index (χ1n) is 8.78. The van der Waals surface area contributed by atoms with Gasteiger partial charge in [0.25, 0.3) is 0 Å². The van der Waals surface area contributed by atoms with Crippen LogP contribution >= 0.6 is 23.2 Å². The van der Waals surface area contributed by atoms with E-state index in [1.165, 1.54) is 0 Å². The first kappa shape index (κ1) is 18.5. The number of halogens is 2. The van der Waals surface area contributed by atoms with E-state index in [9.17, 15) is 0 Å². The first-order valence-corrected chi connectivity index (χ1v) is 9.53. The maximum absolute atomic E-state index is 6.42. The molecule has 6 heteroatoms. The topological polar surface area (TPSA) is 51.0 Å². The number of anilines is 1. The van der Waals surface area contributed by atoms with E-state index in [4.69, 9.17) is 27.6 Å². The molecule has 1 aromatic heterocycles. The van der Waals surface area contributed by atoms with Crippen LogP contribution in [0.2, 0.25) is 10.0 Å². The Hall–Kier alpha value is -2.82. The number of hydrogen-bond donors (Lipinski definition) is 1. The molecule has 1 N–H and O–H groups in total. The van der Waals surface area contributed by atoms with Crippen LogP contribution in [0.15, 0.2) is 77.2 Å². The molecule has 0 fully saturated rings. The molecule has 3 aromatic carbocycles. The summed E-state index contributed by atoms with van der Waals surface area (Å²) >= 11 is 12.7. The predicted octanol–water partition coefficient (Wildman–Crippen LogP) is 6.55. The fraction of sp³-hybridized carbons (Fsp3) is 0.0909. The van der Waals surface area contributed by atoms with E-state index in [1.54, 1.807) is 6.07 Å². The fourth-order valence-corrected chi connectivity index (χ4v) is 3.43. The summed E-state index contributed by atoms with van der Waals surface area (Å²) in [6, 6.07) is 22.8. The summed E-state index contributed by atoms with van der Waals surface area (Å²) in [5, 5.41) is 13.1. The van der Waals surface area contributed by atoms with E-state index >= 15 is 0 Å². The van der Waals surface area contributed by atoms with Crippen molar-refractivity contribution >= 4 is 28.9 Å². The van der Waals surface area contributed by atoms with Crippen LogP contribution in [0, 0.1) is 6.92 Å². The molecule has 0 aliphatic heterocycles. The molecule has 0 amide bonds. The van der Waals surface area contributed by atoms with Crippen molar-refractivity contribution in [2.24, 2.45) is 0 Å². The average Bonchev–Trinajstić information content (AvgIpc) is 3.18. The zero-order valence-corrected chi connectivity index (χ0v) is 16.6. The number of hydrogen-bond acceptors (Lipinski definition) is 4. The lowest BCUT2D eigenvalue weighted by Crippen LogP contribution is -2.13. The number of benzene rings is 3. The Morgan fingerprint density at radius 2 is 1.61 bits per heavy atom. The van der Waals surface area contributed by atoms with Crippen LogP contribution in [0.3, 0.4) is 0 Å². The van der Waals surface area contributed by atoms with Gasteiger partial charge >= 0.3 is 0 Å². The lowest BCUT2D eigenvalue weighted by molar-refractivity contribution is 0.494. The van der Waals surface area contributed by atoms with Crippen LogP contribution in [0.1, 0.15) is 23.1 Å². The van der Waals surface area contributed by atoms with Gasteiger partial charge in [0.05, 0.1) is 21.3 Å². The van der Waals surface area contributed by atoms with Gasteiger partial charge in [-0.25, -0.2) is 0 Å². The lowest BCUT2D eigenvalue weighted by Gasteiger charge is -2.18. The number of nitrogens with one attached hydrogen (secondary N) is 1. The van der Waals surface area contributed by atoms with Crippen LogP contribution in [0.25, 0.3) is 11.5 Å². The van der Waals surface area contributed by atoms with Crippen LogP contribution in [0.4, 0.5) is 5.69 Å². The number of aryl methyl sites for hydroxylation is 1. The Bertz CT molecular complexity index is 1100. The summed E-state index contributed by atoms with van der Waals surface area (Å²) in [6.07, 6.45) is 0. The van der Waals surface area contributed by atoms with Gasteiger partial charge in [0.1, 0.15) is 6.04 Å². The molecule has 4 aromatic rings. The van der Waals surface area contributed by atoms with Gasteiger partial charge in [-0.3, -0.25) is 0 Å². The van der Waals surface area contributed by atoms with Crippen molar-refractivity contribution in [1.82, 2.24) is 10.2 Å². The highest BCUT2D eigenvalue weighted by Gasteiger charge is 2.22. The normalized spacial score (nSPS) is 12.0. The maximum Gasteiger partial charge on any atom is 0.249 e.